The number of aromatic amines is 1. The number of halogens is 1. The van der Waals surface area contributed by atoms with Crippen LogP contribution in [0.3, 0.4) is 0 Å². The Balaban J connectivity index is 1.48. The number of nitrogens with zero attached hydrogens (tertiary/aromatic N) is 5. The van der Waals surface area contributed by atoms with Gasteiger partial charge in [-0.1, -0.05) is 36.5 Å². The fraction of sp³-hybridized carbons (Fsp3) is 0.519. The van der Waals surface area contributed by atoms with Gasteiger partial charge < -0.3 is 19.4 Å². The largest absolute Gasteiger partial charge is 0.439 e. The molecule has 4 aromatic rings. The number of methoxy groups -OCH3 is 1. The predicted molar refractivity (Wildman–Crippen MR) is 147 cm³/mol. The van der Waals surface area contributed by atoms with Crippen molar-refractivity contribution < 1.29 is 14.0 Å². The Labute approximate surface area is 230 Å². The molecule has 206 valence electrons. The molecule has 12 heteroatoms. The number of hydrogen-bond donors (Lipinski definition) is 2. The summed E-state index contributed by atoms with van der Waals surface area (Å²) in [5.74, 6) is 1.84. The lowest BCUT2D eigenvalue weighted by molar-refractivity contribution is 0.0687. The van der Waals surface area contributed by atoms with Crippen molar-refractivity contribution in [2.75, 3.05) is 32.2 Å². The first-order valence-electron chi connectivity index (χ1n) is 13.4. The highest BCUT2D eigenvalue weighted by molar-refractivity contribution is 6.30. The molecule has 0 bridgehead atoms. The van der Waals surface area contributed by atoms with Gasteiger partial charge in [0, 0.05) is 44.1 Å². The van der Waals surface area contributed by atoms with E-state index in [0.717, 1.165) is 35.0 Å². The minimum atomic E-state index is -0.649. The molecule has 2 fully saturated rings. The molecule has 1 saturated carbocycles. The highest BCUT2D eigenvalue weighted by Gasteiger charge is 2.29. The Morgan fingerprint density at radius 1 is 1.18 bits per heavy atom. The second-order valence-electron chi connectivity index (χ2n) is 10.7. The number of ether oxygens (including phenoxy) is 2. The van der Waals surface area contributed by atoms with Crippen LogP contribution in [0.15, 0.2) is 33.8 Å². The molecule has 0 aromatic carbocycles. The van der Waals surface area contributed by atoms with E-state index < -0.39 is 5.76 Å². The molecule has 1 aliphatic carbocycles. The van der Waals surface area contributed by atoms with Crippen molar-refractivity contribution in [3.63, 3.8) is 0 Å². The number of rotatable bonds is 8. The molecule has 2 N–H and O–H groups in total. The second-order valence-corrected chi connectivity index (χ2v) is 11.1. The van der Waals surface area contributed by atoms with Gasteiger partial charge in [-0.05, 0) is 36.8 Å². The van der Waals surface area contributed by atoms with Crippen LogP contribution in [0.4, 0.5) is 5.95 Å². The van der Waals surface area contributed by atoms with Gasteiger partial charge in [0.25, 0.3) is 0 Å². The van der Waals surface area contributed by atoms with Crippen LogP contribution in [0.1, 0.15) is 32.6 Å². The van der Waals surface area contributed by atoms with Crippen LogP contribution >= 0.6 is 11.6 Å². The lowest BCUT2D eigenvalue weighted by Gasteiger charge is -2.27. The minimum Gasteiger partial charge on any atom is -0.379 e. The number of imidazole rings is 1. The number of pyridine rings is 2. The molecule has 0 spiro atoms. The molecule has 5 heterocycles. The molecule has 4 aromatic heterocycles. The summed E-state index contributed by atoms with van der Waals surface area (Å²) in [6.45, 7) is 5.03. The van der Waals surface area contributed by atoms with Crippen molar-refractivity contribution in [3.05, 3.63) is 40.1 Å². The van der Waals surface area contributed by atoms with E-state index in [0.29, 0.717) is 42.1 Å². The van der Waals surface area contributed by atoms with E-state index in [1.807, 2.05) is 12.1 Å². The maximum atomic E-state index is 11.7. The highest BCUT2D eigenvalue weighted by Crippen LogP contribution is 2.36. The van der Waals surface area contributed by atoms with E-state index >= 15 is 0 Å². The van der Waals surface area contributed by atoms with Crippen LogP contribution < -0.4 is 11.1 Å². The summed E-state index contributed by atoms with van der Waals surface area (Å²) in [5.41, 5.74) is 3.44. The van der Waals surface area contributed by atoms with Crippen molar-refractivity contribution in [1.82, 2.24) is 29.7 Å². The highest BCUT2D eigenvalue weighted by atomic mass is 35.5. The third kappa shape index (κ3) is 5.43. The molecule has 2 aliphatic rings. The Morgan fingerprint density at radius 2 is 2.03 bits per heavy atom. The molecular weight excluding hydrogens is 522 g/mol. The summed E-state index contributed by atoms with van der Waals surface area (Å²) in [7, 11) is 1.72. The van der Waals surface area contributed by atoms with E-state index in [1.165, 1.54) is 25.7 Å². The number of H-pyrrole nitrogens is 1. The SMILES string of the molecule is CO[C@H]1COC[C@@H]1CNc1nc2cc(-c3noc(=O)[nH]3)nc(-c3cncc(Cl)c3)c2n1CC1CCC(C)CC1. The van der Waals surface area contributed by atoms with Crippen molar-refractivity contribution in [2.24, 2.45) is 17.8 Å². The summed E-state index contributed by atoms with van der Waals surface area (Å²) >= 11 is 6.35. The monoisotopic (exact) mass is 553 g/mol. The van der Waals surface area contributed by atoms with E-state index in [1.54, 1.807) is 19.5 Å². The molecule has 0 radical (unpaired) electrons. The summed E-state index contributed by atoms with van der Waals surface area (Å²) in [5, 5.41) is 7.95. The normalized spacial score (nSPS) is 23.5. The first kappa shape index (κ1) is 26.0. The second kappa shape index (κ2) is 11.1. The Hall–Kier alpha value is -3.28. The van der Waals surface area contributed by atoms with E-state index in [-0.39, 0.29) is 17.8 Å². The molecule has 11 nitrogen and oxygen atoms in total. The van der Waals surface area contributed by atoms with Crippen LogP contribution in [-0.2, 0) is 16.0 Å². The lowest BCUT2D eigenvalue weighted by Crippen LogP contribution is -2.28. The van der Waals surface area contributed by atoms with Crippen molar-refractivity contribution in [1.29, 1.82) is 0 Å². The van der Waals surface area contributed by atoms with Crippen LogP contribution in [-0.4, -0.2) is 62.6 Å². The van der Waals surface area contributed by atoms with Crippen LogP contribution in [0.2, 0.25) is 5.02 Å². The van der Waals surface area contributed by atoms with Gasteiger partial charge in [0.2, 0.25) is 11.8 Å². The summed E-state index contributed by atoms with van der Waals surface area (Å²) in [6.07, 6.45) is 8.15. The van der Waals surface area contributed by atoms with Crippen molar-refractivity contribution in [2.45, 2.75) is 45.3 Å². The predicted octanol–water partition coefficient (Wildman–Crippen LogP) is 4.39. The van der Waals surface area contributed by atoms with Gasteiger partial charge in [0.05, 0.1) is 41.1 Å². The zero-order chi connectivity index (χ0) is 26.9. The first-order valence-corrected chi connectivity index (χ1v) is 13.8. The maximum absolute atomic E-state index is 11.7. The number of anilines is 1. The molecule has 39 heavy (non-hydrogen) atoms. The summed E-state index contributed by atoms with van der Waals surface area (Å²) in [4.78, 5) is 28.6. The van der Waals surface area contributed by atoms with Gasteiger partial charge in [-0.2, -0.15) is 0 Å². The van der Waals surface area contributed by atoms with Crippen molar-refractivity contribution >= 4 is 28.6 Å². The van der Waals surface area contributed by atoms with Gasteiger partial charge in [0.15, 0.2) is 0 Å². The van der Waals surface area contributed by atoms with Gasteiger partial charge in [0.1, 0.15) is 5.69 Å². The van der Waals surface area contributed by atoms with E-state index in [4.69, 9.17) is 35.6 Å². The zero-order valence-corrected chi connectivity index (χ0v) is 22.8. The van der Waals surface area contributed by atoms with Gasteiger partial charge >= 0.3 is 5.76 Å². The fourth-order valence-corrected chi connectivity index (χ4v) is 5.87. The van der Waals surface area contributed by atoms with E-state index in [2.05, 4.69) is 31.9 Å². The topological polar surface area (TPSA) is 133 Å². The number of fused-ring (bicyclic) bond motifs is 1. The standard InChI is InChI=1S/C27H32ClN7O4/c1-15-3-5-16(6-4-15)12-35-24-20(32-26(35)30-10-18-13-38-14-22(18)37-2)8-21(25-33-27(36)39-34-25)31-23(24)17-7-19(28)11-29-9-17/h7-9,11,15-16,18,22H,3-6,10,12-14H2,1-2H3,(H,30,32)(H,33,34,36)/t15?,16?,18-,22-/m0/s1. The molecule has 1 saturated heterocycles. The van der Waals surface area contributed by atoms with Crippen molar-refractivity contribution in [3.8, 4) is 22.8 Å². The Bertz CT molecular complexity index is 1510. The molecule has 2 atom stereocenters. The summed E-state index contributed by atoms with van der Waals surface area (Å²) < 4.78 is 18.3. The zero-order valence-electron chi connectivity index (χ0n) is 22.0. The first-order chi connectivity index (χ1) is 19.0. The Morgan fingerprint density at radius 3 is 2.77 bits per heavy atom. The third-order valence-electron chi connectivity index (χ3n) is 7.93. The van der Waals surface area contributed by atoms with Gasteiger partial charge in [-0.25, -0.2) is 14.8 Å². The van der Waals surface area contributed by atoms with Gasteiger partial charge in [-0.15, -0.1) is 0 Å². The number of aromatic nitrogens is 6. The lowest BCUT2D eigenvalue weighted by atomic mass is 9.83. The maximum Gasteiger partial charge on any atom is 0.439 e. The third-order valence-corrected chi connectivity index (χ3v) is 8.13. The molecule has 1 aliphatic heterocycles. The van der Waals surface area contributed by atoms with Crippen LogP contribution in [0, 0.1) is 17.8 Å². The fourth-order valence-electron chi connectivity index (χ4n) is 5.70. The van der Waals surface area contributed by atoms with Gasteiger partial charge in [-0.3, -0.25) is 14.5 Å². The quantitative estimate of drug-likeness (QED) is 0.326. The molecule has 6 rings (SSSR count). The smallest absolute Gasteiger partial charge is 0.379 e. The Kier molecular flexibility index (Phi) is 7.37. The minimum absolute atomic E-state index is 0.0421. The molecule has 0 unspecified atom stereocenters. The number of nitrogens with one attached hydrogen (secondary N) is 2. The molecule has 0 amide bonds. The molecular formula is C27H32ClN7O4. The number of hydrogen-bond acceptors (Lipinski definition) is 9. The van der Waals surface area contributed by atoms with E-state index in [9.17, 15) is 4.79 Å². The van der Waals surface area contributed by atoms with Crippen LogP contribution in [0.5, 0.6) is 0 Å². The average Bonchev–Trinajstić information content (AvgIpc) is 3.66. The summed E-state index contributed by atoms with van der Waals surface area (Å²) in [6, 6.07) is 3.66. The average molecular weight is 554 g/mol. The van der Waals surface area contributed by atoms with Crippen LogP contribution in [0.25, 0.3) is 33.8 Å².